The van der Waals surface area contributed by atoms with Crippen LogP contribution < -0.4 is 4.74 Å². The van der Waals surface area contributed by atoms with Crippen molar-refractivity contribution in [2.24, 2.45) is 0 Å². The molecule has 0 N–H and O–H groups in total. The molecule has 14 heavy (non-hydrogen) atoms. The van der Waals surface area contributed by atoms with Gasteiger partial charge in [0, 0.05) is 11.6 Å². The number of methoxy groups -OCH3 is 1. The summed E-state index contributed by atoms with van der Waals surface area (Å²) in [5.41, 5.74) is -0.959. The van der Waals surface area contributed by atoms with Gasteiger partial charge in [-0.3, -0.25) is 0 Å². The number of nitrogens with zero attached hydrogens (tertiary/aromatic N) is 1. The van der Waals surface area contributed by atoms with Crippen molar-refractivity contribution in [3.05, 3.63) is 23.1 Å². The van der Waals surface area contributed by atoms with Crippen LogP contribution in [-0.4, -0.2) is 12.1 Å². The second-order valence-electron chi connectivity index (χ2n) is 2.44. The van der Waals surface area contributed by atoms with Crippen molar-refractivity contribution in [1.29, 1.82) is 0 Å². The van der Waals surface area contributed by atoms with Crippen molar-refractivity contribution in [1.82, 2.24) is 4.98 Å². The smallest absolute Gasteiger partial charge is 0.280 e. The first-order valence-electron chi connectivity index (χ1n) is 3.67. The lowest BCUT2D eigenvalue weighted by Gasteiger charge is -2.08. The Balaban J connectivity index is 3.28. The Labute approximate surface area is 83.7 Å². The predicted octanol–water partition coefficient (Wildman–Crippen LogP) is 2.91. The minimum Gasteiger partial charge on any atom is -0.481 e. The molecule has 0 bridgehead atoms. The summed E-state index contributed by atoms with van der Waals surface area (Å²) in [6, 6.07) is 0.920. The Kier molecular flexibility index (Phi) is 3.57. The molecule has 0 saturated heterocycles. The fraction of sp³-hybridized carbons (Fsp3) is 0.375. The Bertz CT molecular complexity index is 333. The largest absolute Gasteiger partial charge is 0.481 e. The van der Waals surface area contributed by atoms with Gasteiger partial charge in [0.25, 0.3) is 6.43 Å². The third kappa shape index (κ3) is 2.09. The summed E-state index contributed by atoms with van der Waals surface area (Å²) in [6.45, 7) is 0. The van der Waals surface area contributed by atoms with Crippen LogP contribution in [0.1, 0.15) is 17.7 Å². The van der Waals surface area contributed by atoms with E-state index in [0.29, 0.717) is 0 Å². The molecule has 0 atom stereocenters. The van der Waals surface area contributed by atoms with E-state index < -0.39 is 17.9 Å². The zero-order valence-electron chi connectivity index (χ0n) is 7.23. The molecule has 0 aliphatic rings. The van der Waals surface area contributed by atoms with Gasteiger partial charge in [0.2, 0.25) is 5.88 Å². The Morgan fingerprint density at radius 1 is 1.57 bits per heavy atom. The second kappa shape index (κ2) is 4.50. The van der Waals surface area contributed by atoms with E-state index in [-0.39, 0.29) is 17.3 Å². The summed E-state index contributed by atoms with van der Waals surface area (Å²) < 4.78 is 42.4. The number of ether oxygens (including phenoxy) is 1. The van der Waals surface area contributed by atoms with Crippen molar-refractivity contribution >= 4 is 11.6 Å². The molecule has 1 aromatic rings. The fourth-order valence-corrected chi connectivity index (χ4v) is 1.22. The van der Waals surface area contributed by atoms with Crippen LogP contribution in [0.5, 0.6) is 5.88 Å². The number of hydrogen-bond acceptors (Lipinski definition) is 2. The normalized spacial score (nSPS) is 10.7. The van der Waals surface area contributed by atoms with Crippen molar-refractivity contribution in [3.63, 3.8) is 0 Å². The molecule has 1 rings (SSSR count). The monoisotopic (exact) mass is 225 g/mol. The van der Waals surface area contributed by atoms with Crippen molar-refractivity contribution in [2.75, 3.05) is 7.11 Å². The van der Waals surface area contributed by atoms with E-state index in [9.17, 15) is 13.2 Å². The molecular weight excluding hydrogens is 219 g/mol. The maximum Gasteiger partial charge on any atom is 0.280 e. The van der Waals surface area contributed by atoms with Crippen LogP contribution in [-0.2, 0) is 5.88 Å². The number of alkyl halides is 3. The standard InChI is InChI=1S/C8H7ClF3NO/c1-14-6-2-5(10)4(3-9)7(13-6)8(11)12/h2,8H,3H2,1H3. The summed E-state index contributed by atoms with van der Waals surface area (Å²) in [5, 5.41) is 0. The molecule has 0 aromatic carbocycles. The molecule has 78 valence electrons. The van der Waals surface area contributed by atoms with E-state index in [1.165, 1.54) is 7.11 Å². The summed E-state index contributed by atoms with van der Waals surface area (Å²) in [5.74, 6) is -1.36. The molecule has 0 aliphatic carbocycles. The minimum atomic E-state index is -2.87. The molecule has 2 nitrogen and oxygen atoms in total. The van der Waals surface area contributed by atoms with Crippen LogP contribution in [0.2, 0.25) is 0 Å². The molecule has 0 unspecified atom stereocenters. The van der Waals surface area contributed by atoms with Crippen LogP contribution in [0.4, 0.5) is 13.2 Å². The zero-order valence-corrected chi connectivity index (χ0v) is 7.99. The first kappa shape index (κ1) is 11.1. The van der Waals surface area contributed by atoms with Gasteiger partial charge >= 0.3 is 0 Å². The van der Waals surface area contributed by atoms with E-state index in [0.717, 1.165) is 6.07 Å². The highest BCUT2D eigenvalue weighted by molar-refractivity contribution is 6.17. The third-order valence-electron chi connectivity index (χ3n) is 1.63. The Hall–Kier alpha value is -0.970. The number of pyridine rings is 1. The average Bonchev–Trinajstić information content (AvgIpc) is 2.16. The van der Waals surface area contributed by atoms with Crippen LogP contribution in [0, 0.1) is 5.82 Å². The predicted molar refractivity (Wildman–Crippen MR) is 45.3 cm³/mol. The summed E-state index contributed by atoms with van der Waals surface area (Å²) in [4.78, 5) is 3.43. The number of hydrogen-bond donors (Lipinski definition) is 0. The number of halogens is 4. The molecule has 1 aromatic heterocycles. The molecular formula is C8H7ClF3NO. The van der Waals surface area contributed by atoms with Gasteiger partial charge in [-0.25, -0.2) is 18.2 Å². The van der Waals surface area contributed by atoms with Gasteiger partial charge in [-0.2, -0.15) is 0 Å². The maximum absolute atomic E-state index is 13.1. The minimum absolute atomic E-state index is 0.188. The van der Waals surface area contributed by atoms with Gasteiger partial charge in [-0.15, -0.1) is 11.6 Å². The van der Waals surface area contributed by atoms with Crippen LogP contribution in [0.25, 0.3) is 0 Å². The highest BCUT2D eigenvalue weighted by Gasteiger charge is 2.19. The molecule has 0 aliphatic heterocycles. The fourth-order valence-electron chi connectivity index (χ4n) is 0.954. The van der Waals surface area contributed by atoms with E-state index in [4.69, 9.17) is 11.6 Å². The van der Waals surface area contributed by atoms with Crippen LogP contribution in [0.3, 0.4) is 0 Å². The summed E-state index contributed by atoms with van der Waals surface area (Å²) in [7, 11) is 1.22. The zero-order chi connectivity index (χ0) is 10.7. The van der Waals surface area contributed by atoms with E-state index in [1.54, 1.807) is 0 Å². The van der Waals surface area contributed by atoms with Crippen LogP contribution >= 0.6 is 11.6 Å². The van der Waals surface area contributed by atoms with E-state index in [1.807, 2.05) is 0 Å². The van der Waals surface area contributed by atoms with Crippen molar-refractivity contribution in [2.45, 2.75) is 12.3 Å². The molecule has 6 heteroatoms. The lowest BCUT2D eigenvalue weighted by Crippen LogP contribution is -2.02. The van der Waals surface area contributed by atoms with Gasteiger partial charge in [0.05, 0.1) is 13.0 Å². The van der Waals surface area contributed by atoms with Crippen molar-refractivity contribution < 1.29 is 17.9 Å². The molecule has 0 fully saturated rings. The van der Waals surface area contributed by atoms with Gasteiger partial charge in [-0.05, 0) is 0 Å². The lowest BCUT2D eigenvalue weighted by molar-refractivity contribution is 0.143. The lowest BCUT2D eigenvalue weighted by atomic mass is 10.2. The summed E-state index contributed by atoms with van der Waals surface area (Å²) in [6.07, 6.45) is -2.87. The van der Waals surface area contributed by atoms with Crippen molar-refractivity contribution in [3.8, 4) is 5.88 Å². The highest BCUT2D eigenvalue weighted by atomic mass is 35.5. The average molecular weight is 226 g/mol. The Morgan fingerprint density at radius 2 is 2.21 bits per heavy atom. The SMILES string of the molecule is COc1cc(F)c(CCl)c(C(F)F)n1. The molecule has 1 heterocycles. The Morgan fingerprint density at radius 3 is 2.64 bits per heavy atom. The third-order valence-corrected chi connectivity index (χ3v) is 1.90. The second-order valence-corrected chi connectivity index (χ2v) is 2.71. The van der Waals surface area contributed by atoms with Gasteiger partial charge in [-0.1, -0.05) is 0 Å². The van der Waals surface area contributed by atoms with Crippen LogP contribution in [0.15, 0.2) is 6.07 Å². The van der Waals surface area contributed by atoms with Gasteiger partial charge in [0.1, 0.15) is 11.5 Å². The highest BCUT2D eigenvalue weighted by Crippen LogP contribution is 2.27. The molecule has 0 amide bonds. The summed E-state index contributed by atoms with van der Waals surface area (Å²) >= 11 is 5.32. The van der Waals surface area contributed by atoms with E-state index >= 15 is 0 Å². The molecule has 0 radical (unpaired) electrons. The topological polar surface area (TPSA) is 22.1 Å². The number of rotatable bonds is 3. The quantitative estimate of drug-likeness (QED) is 0.738. The molecule has 0 saturated carbocycles. The first-order chi connectivity index (χ1) is 6.60. The molecule has 0 spiro atoms. The number of aromatic nitrogens is 1. The van der Waals surface area contributed by atoms with E-state index in [2.05, 4.69) is 9.72 Å². The van der Waals surface area contributed by atoms with Gasteiger partial charge in [0.15, 0.2) is 0 Å². The first-order valence-corrected chi connectivity index (χ1v) is 4.21. The van der Waals surface area contributed by atoms with Gasteiger partial charge < -0.3 is 4.74 Å². The maximum atomic E-state index is 13.1.